The maximum atomic E-state index is 14.0. The fourth-order valence-electron chi connectivity index (χ4n) is 2.57. The quantitative estimate of drug-likeness (QED) is 0.769. The molecule has 19 heavy (non-hydrogen) atoms. The molecule has 3 rings (SSSR count). The molecule has 0 unspecified atom stereocenters. The Kier molecular flexibility index (Phi) is 2.73. The van der Waals surface area contributed by atoms with E-state index in [-0.39, 0.29) is 17.0 Å². The number of Topliss-reactive ketones (excluding diaryl/α,β-unsaturated/α-hetero) is 1. The minimum Gasteiger partial charge on any atom is -0.317 e. The third-order valence-corrected chi connectivity index (χ3v) is 3.60. The van der Waals surface area contributed by atoms with Crippen LogP contribution in [-0.4, -0.2) is 10.4 Å². The van der Waals surface area contributed by atoms with Crippen LogP contribution in [0.15, 0.2) is 24.4 Å². The maximum absolute atomic E-state index is 14.0. The van der Waals surface area contributed by atoms with E-state index in [1.807, 2.05) is 0 Å². The molecule has 0 atom stereocenters. The highest BCUT2D eigenvalue weighted by molar-refractivity contribution is 5.98. The van der Waals surface area contributed by atoms with Crippen LogP contribution in [0.3, 0.4) is 0 Å². The predicted molar refractivity (Wildman–Crippen MR) is 67.7 cm³/mol. The molecule has 0 spiro atoms. The number of aromatic nitrogens is 1. The van der Waals surface area contributed by atoms with E-state index < -0.39 is 11.6 Å². The average molecular weight is 261 g/mol. The highest BCUT2D eigenvalue weighted by Crippen LogP contribution is 2.27. The first-order chi connectivity index (χ1) is 9.08. The smallest absolute Gasteiger partial charge is 0.164 e. The first-order valence-electron chi connectivity index (χ1n) is 6.27. The van der Waals surface area contributed by atoms with Crippen molar-refractivity contribution in [3.8, 4) is 5.69 Å². The lowest BCUT2D eigenvalue weighted by Crippen LogP contribution is -2.13. The zero-order valence-electron chi connectivity index (χ0n) is 10.5. The number of hydrogen-bond donors (Lipinski definition) is 0. The van der Waals surface area contributed by atoms with Gasteiger partial charge in [0.25, 0.3) is 0 Å². The number of rotatable bonds is 1. The van der Waals surface area contributed by atoms with Crippen molar-refractivity contribution in [3.63, 3.8) is 0 Å². The third kappa shape index (κ3) is 1.87. The SMILES string of the molecule is Cc1cc(F)c(-n2ccc3c2CCCC3=O)cc1F. The summed E-state index contributed by atoms with van der Waals surface area (Å²) in [6.07, 6.45) is 3.64. The van der Waals surface area contributed by atoms with Gasteiger partial charge in [-0.15, -0.1) is 0 Å². The van der Waals surface area contributed by atoms with Gasteiger partial charge in [0.15, 0.2) is 5.78 Å². The van der Waals surface area contributed by atoms with Gasteiger partial charge in [-0.3, -0.25) is 4.79 Å². The molecule has 2 nitrogen and oxygen atoms in total. The van der Waals surface area contributed by atoms with Crippen LogP contribution in [0.1, 0.15) is 34.5 Å². The predicted octanol–water partition coefficient (Wildman–Crippen LogP) is 3.58. The molecule has 4 heteroatoms. The number of ketones is 1. The summed E-state index contributed by atoms with van der Waals surface area (Å²) in [4.78, 5) is 11.8. The summed E-state index contributed by atoms with van der Waals surface area (Å²) in [5.74, 6) is -0.843. The van der Waals surface area contributed by atoms with Crippen LogP contribution in [0.5, 0.6) is 0 Å². The molecule has 2 aromatic rings. The molecule has 0 radical (unpaired) electrons. The molecule has 1 heterocycles. The van der Waals surface area contributed by atoms with Gasteiger partial charge in [-0.25, -0.2) is 8.78 Å². The molecule has 1 aromatic heterocycles. The van der Waals surface area contributed by atoms with Crippen LogP contribution < -0.4 is 0 Å². The fourth-order valence-corrected chi connectivity index (χ4v) is 2.57. The van der Waals surface area contributed by atoms with Gasteiger partial charge in [0.2, 0.25) is 0 Å². The Balaban J connectivity index is 2.18. The molecule has 1 aliphatic carbocycles. The Hall–Kier alpha value is -1.97. The van der Waals surface area contributed by atoms with Crippen molar-refractivity contribution < 1.29 is 13.6 Å². The summed E-state index contributed by atoms with van der Waals surface area (Å²) in [5.41, 5.74) is 1.85. The van der Waals surface area contributed by atoms with Crippen molar-refractivity contribution in [2.24, 2.45) is 0 Å². The molecule has 0 saturated carbocycles. The summed E-state index contributed by atoms with van der Waals surface area (Å²) in [7, 11) is 0. The zero-order valence-corrected chi connectivity index (χ0v) is 10.5. The Morgan fingerprint density at radius 1 is 1.16 bits per heavy atom. The number of fused-ring (bicyclic) bond motifs is 1. The molecule has 1 aliphatic rings. The van der Waals surface area contributed by atoms with Gasteiger partial charge < -0.3 is 4.57 Å². The largest absolute Gasteiger partial charge is 0.317 e. The van der Waals surface area contributed by atoms with E-state index in [1.54, 1.807) is 16.8 Å². The molecule has 1 aromatic carbocycles. The van der Waals surface area contributed by atoms with Gasteiger partial charge in [-0.2, -0.15) is 0 Å². The van der Waals surface area contributed by atoms with E-state index in [0.29, 0.717) is 18.4 Å². The molecule has 0 bridgehead atoms. The van der Waals surface area contributed by atoms with Gasteiger partial charge in [0.05, 0.1) is 5.69 Å². The second-order valence-electron chi connectivity index (χ2n) is 4.88. The summed E-state index contributed by atoms with van der Waals surface area (Å²) in [6.45, 7) is 1.52. The van der Waals surface area contributed by atoms with Crippen molar-refractivity contribution in [2.75, 3.05) is 0 Å². The van der Waals surface area contributed by atoms with Crippen LogP contribution in [-0.2, 0) is 6.42 Å². The van der Waals surface area contributed by atoms with Crippen LogP contribution in [0.4, 0.5) is 8.78 Å². The number of hydrogen-bond acceptors (Lipinski definition) is 1. The number of aryl methyl sites for hydroxylation is 1. The number of halogens is 2. The van der Waals surface area contributed by atoms with E-state index in [0.717, 1.165) is 12.1 Å². The lowest BCUT2D eigenvalue weighted by molar-refractivity contribution is 0.0972. The lowest BCUT2D eigenvalue weighted by atomic mass is 9.96. The van der Waals surface area contributed by atoms with Crippen LogP contribution in [0.25, 0.3) is 5.69 Å². The Labute approximate surface area is 109 Å². The highest BCUT2D eigenvalue weighted by atomic mass is 19.1. The topological polar surface area (TPSA) is 22.0 Å². The van der Waals surface area contributed by atoms with E-state index in [9.17, 15) is 13.6 Å². The first-order valence-corrected chi connectivity index (χ1v) is 6.27. The monoisotopic (exact) mass is 261 g/mol. The molecule has 0 amide bonds. The molecular formula is C15H13F2NO. The second-order valence-corrected chi connectivity index (χ2v) is 4.88. The number of benzene rings is 1. The summed E-state index contributed by atoms with van der Waals surface area (Å²) in [5, 5.41) is 0. The Bertz CT molecular complexity index is 673. The van der Waals surface area contributed by atoms with E-state index in [4.69, 9.17) is 0 Å². The number of nitrogens with zero attached hydrogens (tertiary/aromatic N) is 1. The van der Waals surface area contributed by atoms with E-state index >= 15 is 0 Å². The molecular weight excluding hydrogens is 248 g/mol. The Morgan fingerprint density at radius 3 is 2.74 bits per heavy atom. The summed E-state index contributed by atoms with van der Waals surface area (Å²) in [6, 6.07) is 4.06. The minimum atomic E-state index is -0.477. The minimum absolute atomic E-state index is 0.0768. The molecule has 98 valence electrons. The van der Waals surface area contributed by atoms with Crippen LogP contribution in [0.2, 0.25) is 0 Å². The Morgan fingerprint density at radius 2 is 1.95 bits per heavy atom. The zero-order chi connectivity index (χ0) is 13.6. The standard InChI is InChI=1S/C15H13F2NO/c1-9-7-12(17)14(8-11(9)16)18-6-5-10-13(18)3-2-4-15(10)19/h5-8H,2-4H2,1H3. The maximum Gasteiger partial charge on any atom is 0.164 e. The van der Waals surface area contributed by atoms with Gasteiger partial charge in [0.1, 0.15) is 11.6 Å². The van der Waals surface area contributed by atoms with Crippen LogP contribution in [0, 0.1) is 18.6 Å². The summed E-state index contributed by atoms with van der Waals surface area (Å²) >= 11 is 0. The lowest BCUT2D eigenvalue weighted by Gasteiger charge is -2.16. The van der Waals surface area contributed by atoms with Gasteiger partial charge in [0, 0.05) is 29.9 Å². The molecule has 0 fully saturated rings. The van der Waals surface area contributed by atoms with Gasteiger partial charge in [-0.05, 0) is 37.5 Å². The van der Waals surface area contributed by atoms with E-state index in [1.165, 1.54) is 19.1 Å². The first kappa shape index (κ1) is 12.1. The normalized spacial score (nSPS) is 14.6. The summed E-state index contributed by atoms with van der Waals surface area (Å²) < 4.78 is 29.2. The van der Waals surface area contributed by atoms with E-state index in [2.05, 4.69) is 0 Å². The molecule has 0 N–H and O–H groups in total. The number of carbonyl (C=O) groups is 1. The van der Waals surface area contributed by atoms with Crippen molar-refractivity contribution >= 4 is 5.78 Å². The molecule has 0 aliphatic heterocycles. The van der Waals surface area contributed by atoms with Crippen molar-refractivity contribution in [1.29, 1.82) is 0 Å². The highest BCUT2D eigenvalue weighted by Gasteiger charge is 2.22. The van der Waals surface area contributed by atoms with Gasteiger partial charge >= 0.3 is 0 Å². The van der Waals surface area contributed by atoms with Crippen molar-refractivity contribution in [1.82, 2.24) is 4.57 Å². The number of carbonyl (C=O) groups excluding carboxylic acids is 1. The van der Waals surface area contributed by atoms with Gasteiger partial charge in [-0.1, -0.05) is 0 Å². The van der Waals surface area contributed by atoms with Crippen molar-refractivity contribution in [2.45, 2.75) is 26.2 Å². The fraction of sp³-hybridized carbons (Fsp3) is 0.267. The second kappa shape index (κ2) is 4.30. The van der Waals surface area contributed by atoms with Crippen molar-refractivity contribution in [3.05, 3.63) is 52.9 Å². The third-order valence-electron chi connectivity index (χ3n) is 3.60. The average Bonchev–Trinajstić information content (AvgIpc) is 2.79. The van der Waals surface area contributed by atoms with Crippen LogP contribution >= 0.6 is 0 Å². The molecule has 0 saturated heterocycles.